The summed E-state index contributed by atoms with van der Waals surface area (Å²) in [6.07, 6.45) is 0. The van der Waals surface area contributed by atoms with E-state index in [4.69, 9.17) is 18.9 Å². The van der Waals surface area contributed by atoms with Crippen molar-refractivity contribution in [3.8, 4) is 28.4 Å². The molecule has 1 N–H and O–H groups in total. The number of carbonyl (C=O) groups is 2. The van der Waals surface area contributed by atoms with Gasteiger partial charge in [-0.2, -0.15) is 0 Å². The SMILES string of the molecule is COC(=O)c1c(C(=O)OC)c(-c2ccc(F)cc2)c2c3c(ccc2c1O)OCO3. The Morgan fingerprint density at radius 3 is 2.28 bits per heavy atom. The Hall–Kier alpha value is -3.81. The molecule has 148 valence electrons. The van der Waals surface area contributed by atoms with E-state index in [9.17, 15) is 19.1 Å². The van der Waals surface area contributed by atoms with Crippen LogP contribution in [0.15, 0.2) is 36.4 Å². The number of carbonyl (C=O) groups excluding carboxylic acids is 2. The zero-order valence-electron chi connectivity index (χ0n) is 15.4. The highest BCUT2D eigenvalue weighted by molar-refractivity contribution is 6.20. The van der Waals surface area contributed by atoms with E-state index in [0.717, 1.165) is 14.2 Å². The van der Waals surface area contributed by atoms with Crippen molar-refractivity contribution >= 4 is 22.7 Å². The quantitative estimate of drug-likeness (QED) is 0.674. The molecule has 0 spiro atoms. The average molecular weight is 398 g/mol. The molecule has 0 bridgehead atoms. The standard InChI is InChI=1S/C21H15FO7/c1-26-20(24)16-14(10-3-5-11(22)6-4-10)15-12(18(23)17(16)21(25)27-2)7-8-13-19(15)29-9-28-13/h3-8,23H,9H2,1-2H3. The first-order chi connectivity index (χ1) is 14.0. The van der Waals surface area contributed by atoms with Crippen LogP contribution >= 0.6 is 0 Å². The molecule has 0 saturated carbocycles. The maximum atomic E-state index is 13.5. The van der Waals surface area contributed by atoms with Gasteiger partial charge >= 0.3 is 11.9 Å². The molecule has 0 atom stereocenters. The van der Waals surface area contributed by atoms with Crippen molar-refractivity contribution in [1.29, 1.82) is 0 Å². The fourth-order valence-electron chi connectivity index (χ4n) is 3.43. The first kappa shape index (κ1) is 18.5. The van der Waals surface area contributed by atoms with E-state index < -0.39 is 23.5 Å². The lowest BCUT2D eigenvalue weighted by atomic mass is 9.88. The first-order valence-electron chi connectivity index (χ1n) is 8.51. The van der Waals surface area contributed by atoms with Gasteiger partial charge in [0.25, 0.3) is 0 Å². The van der Waals surface area contributed by atoms with Crippen molar-refractivity contribution in [2.45, 2.75) is 0 Å². The Kier molecular flexibility index (Phi) is 4.46. The van der Waals surface area contributed by atoms with E-state index in [1.807, 2.05) is 0 Å². The summed E-state index contributed by atoms with van der Waals surface area (Å²) in [4.78, 5) is 25.2. The molecule has 8 heteroatoms. The number of rotatable bonds is 3. The van der Waals surface area contributed by atoms with E-state index in [1.165, 1.54) is 24.3 Å². The second-order valence-electron chi connectivity index (χ2n) is 6.19. The van der Waals surface area contributed by atoms with Crippen molar-refractivity contribution in [1.82, 2.24) is 0 Å². The van der Waals surface area contributed by atoms with Crippen molar-refractivity contribution in [3.05, 3.63) is 53.3 Å². The lowest BCUT2D eigenvalue weighted by Crippen LogP contribution is -2.14. The van der Waals surface area contributed by atoms with Crippen LogP contribution in [-0.2, 0) is 9.47 Å². The number of phenolic OH excluding ortho intramolecular Hbond substituents is 1. The average Bonchev–Trinajstić information content (AvgIpc) is 3.22. The maximum absolute atomic E-state index is 13.5. The molecule has 1 aliphatic heterocycles. The molecule has 1 aliphatic rings. The van der Waals surface area contributed by atoms with Gasteiger partial charge in [-0.15, -0.1) is 0 Å². The van der Waals surface area contributed by atoms with Gasteiger partial charge in [0.05, 0.1) is 19.8 Å². The number of ether oxygens (including phenoxy) is 4. The molecule has 0 fully saturated rings. The van der Waals surface area contributed by atoms with Gasteiger partial charge in [-0.1, -0.05) is 12.1 Å². The number of hydrogen-bond acceptors (Lipinski definition) is 7. The van der Waals surface area contributed by atoms with Crippen molar-refractivity contribution in [2.75, 3.05) is 21.0 Å². The largest absolute Gasteiger partial charge is 0.506 e. The Morgan fingerprint density at radius 2 is 1.62 bits per heavy atom. The van der Waals surface area contributed by atoms with Gasteiger partial charge in [0.1, 0.15) is 17.1 Å². The number of benzene rings is 3. The number of hydrogen-bond donors (Lipinski definition) is 1. The molecule has 7 nitrogen and oxygen atoms in total. The van der Waals surface area contributed by atoms with E-state index in [-0.39, 0.29) is 28.9 Å². The second-order valence-corrected chi connectivity index (χ2v) is 6.19. The first-order valence-corrected chi connectivity index (χ1v) is 8.51. The molecule has 0 aromatic heterocycles. The van der Waals surface area contributed by atoms with Gasteiger partial charge < -0.3 is 24.1 Å². The van der Waals surface area contributed by atoms with Crippen LogP contribution in [0.1, 0.15) is 20.7 Å². The molecule has 3 aromatic carbocycles. The second kappa shape index (κ2) is 6.97. The van der Waals surface area contributed by atoms with Gasteiger partial charge in [0, 0.05) is 16.3 Å². The van der Waals surface area contributed by atoms with Crippen molar-refractivity contribution in [2.24, 2.45) is 0 Å². The number of phenols is 1. The number of methoxy groups -OCH3 is 2. The Morgan fingerprint density at radius 1 is 0.966 bits per heavy atom. The van der Waals surface area contributed by atoms with Crippen LogP contribution in [0.5, 0.6) is 17.2 Å². The number of halogens is 1. The van der Waals surface area contributed by atoms with Gasteiger partial charge in [0.15, 0.2) is 11.5 Å². The summed E-state index contributed by atoms with van der Waals surface area (Å²) < 4.78 is 34.2. The summed E-state index contributed by atoms with van der Waals surface area (Å²) in [7, 11) is 2.28. The number of fused-ring (bicyclic) bond motifs is 3. The van der Waals surface area contributed by atoms with E-state index in [1.54, 1.807) is 12.1 Å². The topological polar surface area (TPSA) is 91.3 Å². The summed E-state index contributed by atoms with van der Waals surface area (Å²) in [5, 5.41) is 11.4. The minimum Gasteiger partial charge on any atom is -0.506 e. The molecule has 0 amide bonds. The lowest BCUT2D eigenvalue weighted by Gasteiger charge is -2.18. The van der Waals surface area contributed by atoms with Crippen molar-refractivity contribution in [3.63, 3.8) is 0 Å². The zero-order valence-corrected chi connectivity index (χ0v) is 15.4. The predicted octanol–water partition coefficient (Wildman–Crippen LogP) is 3.65. The fourth-order valence-corrected chi connectivity index (χ4v) is 3.43. The van der Waals surface area contributed by atoms with E-state index >= 15 is 0 Å². The molecule has 0 radical (unpaired) electrons. The summed E-state index contributed by atoms with van der Waals surface area (Å²) in [5.41, 5.74) is 0.0585. The van der Waals surface area contributed by atoms with Gasteiger partial charge in [-0.3, -0.25) is 0 Å². The van der Waals surface area contributed by atoms with E-state index in [2.05, 4.69) is 0 Å². The van der Waals surface area contributed by atoms with Gasteiger partial charge in [-0.25, -0.2) is 14.0 Å². The highest BCUT2D eigenvalue weighted by Gasteiger charge is 2.33. The number of aromatic hydroxyl groups is 1. The van der Waals surface area contributed by atoms with Crippen LogP contribution in [0, 0.1) is 5.82 Å². The normalized spacial score (nSPS) is 12.1. The zero-order chi connectivity index (χ0) is 20.7. The predicted molar refractivity (Wildman–Crippen MR) is 99.8 cm³/mol. The molecular formula is C21H15FO7. The van der Waals surface area contributed by atoms with Crippen LogP contribution in [0.2, 0.25) is 0 Å². The molecule has 1 heterocycles. The summed E-state index contributed by atoms with van der Waals surface area (Å²) in [5.74, 6) is -2.05. The third-order valence-electron chi connectivity index (χ3n) is 4.69. The molecule has 3 aromatic rings. The van der Waals surface area contributed by atoms with Crippen molar-refractivity contribution < 1.29 is 38.0 Å². The Balaban J connectivity index is 2.25. The monoisotopic (exact) mass is 398 g/mol. The minimum absolute atomic E-state index is 0.0512. The molecular weight excluding hydrogens is 383 g/mol. The van der Waals surface area contributed by atoms with Crippen LogP contribution in [0.3, 0.4) is 0 Å². The smallest absolute Gasteiger partial charge is 0.342 e. The molecule has 29 heavy (non-hydrogen) atoms. The van der Waals surface area contributed by atoms with Crippen LogP contribution in [-0.4, -0.2) is 38.1 Å². The van der Waals surface area contributed by atoms with Gasteiger partial charge in [-0.05, 0) is 29.8 Å². The summed E-state index contributed by atoms with van der Waals surface area (Å²) in [6.45, 7) is -0.0512. The van der Waals surface area contributed by atoms with E-state index in [0.29, 0.717) is 22.4 Å². The highest BCUT2D eigenvalue weighted by atomic mass is 19.1. The Bertz CT molecular complexity index is 1150. The third-order valence-corrected chi connectivity index (χ3v) is 4.69. The molecule has 0 aliphatic carbocycles. The molecule has 0 unspecified atom stereocenters. The highest BCUT2D eigenvalue weighted by Crippen LogP contribution is 2.49. The minimum atomic E-state index is -0.925. The summed E-state index contributed by atoms with van der Waals surface area (Å²) >= 11 is 0. The summed E-state index contributed by atoms with van der Waals surface area (Å²) in [6, 6.07) is 8.45. The fraction of sp³-hybridized carbons (Fsp3) is 0.143. The van der Waals surface area contributed by atoms with Crippen LogP contribution < -0.4 is 9.47 Å². The van der Waals surface area contributed by atoms with Gasteiger partial charge in [0.2, 0.25) is 6.79 Å². The lowest BCUT2D eigenvalue weighted by molar-refractivity contribution is 0.0553. The van der Waals surface area contributed by atoms with Crippen LogP contribution in [0.4, 0.5) is 4.39 Å². The maximum Gasteiger partial charge on any atom is 0.342 e. The number of esters is 2. The Labute approximate surface area is 164 Å². The molecule has 0 saturated heterocycles. The third kappa shape index (κ3) is 2.80. The van der Waals surface area contributed by atoms with Crippen LogP contribution in [0.25, 0.3) is 21.9 Å². The molecule has 4 rings (SSSR count).